The average molecular weight is 1060 g/mol. The van der Waals surface area contributed by atoms with Gasteiger partial charge in [-0.2, -0.15) is 19.9 Å². The number of nitrogens with one attached hydrogen (secondary N) is 2. The lowest BCUT2D eigenvalue weighted by molar-refractivity contribution is -0.148. The van der Waals surface area contributed by atoms with Crippen molar-refractivity contribution in [2.75, 3.05) is 65.4 Å². The summed E-state index contributed by atoms with van der Waals surface area (Å²) in [5, 5.41) is 48.9. The molecule has 72 heavy (non-hydrogen) atoms. The number of hydrogen-bond acceptors (Lipinski definition) is 24. The normalized spacial score (nSPS) is 27.1. The van der Waals surface area contributed by atoms with Gasteiger partial charge in [-0.05, 0) is 38.5 Å². The number of aromatic nitrogens is 8. The van der Waals surface area contributed by atoms with Crippen LogP contribution in [0.2, 0.25) is 0 Å². The molecule has 4 aromatic heterocycles. The molecule has 4 aromatic rings. The second-order valence-corrected chi connectivity index (χ2v) is 25.0. The fourth-order valence-electron chi connectivity index (χ4n) is 7.34. The van der Waals surface area contributed by atoms with Crippen LogP contribution in [-0.2, 0) is 46.7 Å². The number of imidazole rings is 2. The Bertz CT molecular complexity index is 2480. The number of anilines is 2. The van der Waals surface area contributed by atoms with E-state index in [1.54, 1.807) is 0 Å². The lowest BCUT2D eigenvalue weighted by Gasteiger charge is -2.27. The van der Waals surface area contributed by atoms with E-state index < -0.39 is 87.1 Å². The van der Waals surface area contributed by atoms with Crippen LogP contribution in [0.5, 0.6) is 11.8 Å². The number of aliphatic hydroxyl groups is 4. The second kappa shape index (κ2) is 22.0. The highest BCUT2D eigenvalue weighted by Gasteiger charge is 2.55. The quantitative estimate of drug-likeness (QED) is 0.0519. The van der Waals surface area contributed by atoms with Gasteiger partial charge in [0.15, 0.2) is 34.8 Å². The van der Waals surface area contributed by atoms with E-state index >= 15 is 0 Å². The zero-order valence-electron chi connectivity index (χ0n) is 42.9. The Morgan fingerprint density at radius 2 is 1.04 bits per heavy atom. The first kappa shape index (κ1) is 58.2. The molecule has 0 bridgehead atoms. The number of methoxy groups -OCH3 is 2. The molecule has 2 aliphatic rings. The molecule has 12 atom stereocenters. The van der Waals surface area contributed by atoms with Crippen molar-refractivity contribution in [1.82, 2.24) is 49.2 Å². The van der Waals surface area contributed by atoms with Crippen LogP contribution < -0.4 is 31.1 Å². The topological polar surface area (TPSA) is 386 Å². The molecule has 2 aliphatic heterocycles. The number of rotatable bonds is 18. The SMILES string of the molecule is COc1nc(N)nc2c1ncn2[C@@H]1O[C@H](CO[P@@](C)(=O)N[C@@H](C)C(=O)OCC(C)(C)C)[C@@H](O)[C@@]1(C)O.COc1nc(N)nc2c1ncn2[C@@H]1O[C@H](CO[P@](C)(=O)N[C@@H](C)C(=O)OCC(C)(C)C)[C@@H](O)[C@@]1(C)O. The van der Waals surface area contributed by atoms with Gasteiger partial charge in [-0.25, -0.2) is 20.1 Å². The van der Waals surface area contributed by atoms with Crippen LogP contribution in [0, 0.1) is 10.8 Å². The highest BCUT2D eigenvalue weighted by molar-refractivity contribution is 7.56. The summed E-state index contributed by atoms with van der Waals surface area (Å²) in [4.78, 5) is 49.1. The van der Waals surface area contributed by atoms with Crippen molar-refractivity contribution in [3.05, 3.63) is 12.7 Å². The molecule has 0 saturated carbocycles. The largest absolute Gasteiger partial charge is 0.479 e. The van der Waals surface area contributed by atoms with E-state index in [1.165, 1.54) is 77.0 Å². The predicted octanol–water partition coefficient (Wildman–Crippen LogP) is 1.67. The number of carbonyl (C=O) groups excluding carboxylic acids is 2. The summed E-state index contributed by atoms with van der Waals surface area (Å²) in [5.41, 5.74) is 8.51. The van der Waals surface area contributed by atoms with Gasteiger partial charge in [0.05, 0.1) is 53.3 Å². The van der Waals surface area contributed by atoms with Gasteiger partial charge < -0.3 is 69.4 Å². The van der Waals surface area contributed by atoms with E-state index in [0.717, 1.165) is 0 Å². The minimum Gasteiger partial charge on any atom is -0.479 e. The average Bonchev–Trinajstić information content (AvgIpc) is 4.00. The van der Waals surface area contributed by atoms with E-state index in [9.17, 15) is 39.1 Å². The third kappa shape index (κ3) is 13.9. The highest BCUT2D eigenvalue weighted by Crippen LogP contribution is 2.46. The number of nitrogen functional groups attached to an aromatic ring is 2. The van der Waals surface area contributed by atoms with Gasteiger partial charge in [0, 0.05) is 13.3 Å². The molecule has 0 spiro atoms. The molecule has 0 aromatic carbocycles. The Kier molecular flexibility index (Phi) is 17.8. The van der Waals surface area contributed by atoms with Gasteiger partial charge in [-0.3, -0.25) is 27.9 Å². The maximum Gasteiger partial charge on any atom is 0.323 e. The Morgan fingerprint density at radius 3 is 1.35 bits per heavy atom. The standard InChI is InChI=1S/2C21H35N6O8P/c2*1-11(17(29)33-9-20(2,3)4)26-36(7,31)34-8-12-14(28)21(5,30)18(35-12)27-10-23-13-15(27)24-19(22)25-16(13)32-6/h2*10-12,14,18,28,30H,8-9H2,1-7H3,(H,26,31)(H2,22,24,25)/t11-,12+,14+,18+,21+,36+;11-,12+,14+,18+,21+,36-/m00/s1. The summed E-state index contributed by atoms with van der Waals surface area (Å²) < 4.78 is 72.3. The maximum atomic E-state index is 12.9. The fraction of sp³-hybridized carbons (Fsp3) is 0.714. The highest BCUT2D eigenvalue weighted by atomic mass is 31.2. The Hall–Kier alpha value is -4.70. The van der Waals surface area contributed by atoms with Crippen molar-refractivity contribution in [1.29, 1.82) is 0 Å². The summed E-state index contributed by atoms with van der Waals surface area (Å²) >= 11 is 0. The van der Waals surface area contributed by atoms with Gasteiger partial charge in [0.25, 0.3) is 15.0 Å². The molecule has 0 radical (unpaired) electrons. The Morgan fingerprint density at radius 1 is 0.708 bits per heavy atom. The van der Waals surface area contributed by atoms with Crippen molar-refractivity contribution in [3.8, 4) is 11.8 Å². The smallest absolute Gasteiger partial charge is 0.323 e. The van der Waals surface area contributed by atoms with Crippen molar-refractivity contribution in [2.24, 2.45) is 10.8 Å². The molecule has 404 valence electrons. The van der Waals surface area contributed by atoms with E-state index in [-0.39, 0.29) is 83.2 Å². The van der Waals surface area contributed by atoms with Crippen LogP contribution in [0.25, 0.3) is 22.3 Å². The maximum absolute atomic E-state index is 12.9. The van der Waals surface area contributed by atoms with Crippen LogP contribution in [-0.4, -0.2) is 173 Å². The molecular weight excluding hydrogens is 990 g/mol. The van der Waals surface area contributed by atoms with E-state index in [4.69, 9.17) is 48.9 Å². The number of ether oxygens (including phenoxy) is 6. The lowest BCUT2D eigenvalue weighted by Crippen LogP contribution is -2.44. The Balaban J connectivity index is 0.000000267. The predicted molar refractivity (Wildman–Crippen MR) is 259 cm³/mol. The third-order valence-corrected chi connectivity index (χ3v) is 14.0. The number of fused-ring (bicyclic) bond motifs is 2. The summed E-state index contributed by atoms with van der Waals surface area (Å²) in [6.45, 7) is 19.6. The van der Waals surface area contributed by atoms with Crippen molar-refractivity contribution in [2.45, 2.75) is 129 Å². The summed E-state index contributed by atoms with van der Waals surface area (Å²) in [7, 11) is -4.23. The first-order chi connectivity index (χ1) is 33.1. The van der Waals surface area contributed by atoms with Gasteiger partial charge >= 0.3 is 11.9 Å². The fourth-order valence-corrected chi connectivity index (χ4v) is 9.97. The lowest BCUT2D eigenvalue weighted by atomic mass is 9.96. The van der Waals surface area contributed by atoms with Crippen LogP contribution in [0.15, 0.2) is 12.7 Å². The molecule has 2 saturated heterocycles. The minimum absolute atomic E-state index is 0.0766. The molecular formula is C42H70N12O16P2. The van der Waals surface area contributed by atoms with Crippen molar-refractivity contribution < 1.29 is 76.6 Å². The van der Waals surface area contributed by atoms with E-state index in [2.05, 4.69) is 40.1 Å². The van der Waals surface area contributed by atoms with Crippen LogP contribution in [0.4, 0.5) is 11.9 Å². The molecule has 0 aliphatic carbocycles. The monoisotopic (exact) mass is 1060 g/mol. The zero-order valence-corrected chi connectivity index (χ0v) is 44.7. The van der Waals surface area contributed by atoms with Crippen LogP contribution in [0.1, 0.15) is 81.7 Å². The van der Waals surface area contributed by atoms with Gasteiger partial charge in [0.2, 0.25) is 23.7 Å². The van der Waals surface area contributed by atoms with E-state index in [0.29, 0.717) is 0 Å². The first-order valence-electron chi connectivity index (χ1n) is 22.6. The van der Waals surface area contributed by atoms with Gasteiger partial charge in [-0.15, -0.1) is 0 Å². The van der Waals surface area contributed by atoms with Crippen molar-refractivity contribution in [3.63, 3.8) is 0 Å². The molecule has 0 amide bonds. The molecule has 6 rings (SSSR count). The van der Waals surface area contributed by atoms with Crippen LogP contribution >= 0.6 is 15.0 Å². The molecule has 28 nitrogen and oxygen atoms in total. The molecule has 6 heterocycles. The number of esters is 2. The summed E-state index contributed by atoms with van der Waals surface area (Å²) in [6, 6.07) is -1.79. The third-order valence-electron chi connectivity index (χ3n) is 11.0. The van der Waals surface area contributed by atoms with Gasteiger partial charge in [-0.1, -0.05) is 41.5 Å². The zero-order chi connectivity index (χ0) is 54.1. The summed E-state index contributed by atoms with van der Waals surface area (Å²) in [5.74, 6) is -1.01. The van der Waals surface area contributed by atoms with Gasteiger partial charge in [0.1, 0.15) is 47.7 Å². The molecule has 10 N–H and O–H groups in total. The number of carbonyl (C=O) groups is 2. The first-order valence-corrected chi connectivity index (χ1v) is 26.8. The van der Waals surface area contributed by atoms with E-state index in [1.807, 2.05) is 41.5 Å². The minimum atomic E-state index is -3.52. The number of aliphatic hydroxyl groups excluding tert-OH is 2. The Labute approximate surface area is 416 Å². The molecule has 2 fully saturated rings. The number of nitrogens with two attached hydrogens (primary N) is 2. The van der Waals surface area contributed by atoms with Crippen molar-refractivity contribution >= 4 is 61.2 Å². The molecule has 0 unspecified atom stereocenters. The summed E-state index contributed by atoms with van der Waals surface area (Å²) in [6.07, 6.45) is -4.55. The number of hydrogen-bond donors (Lipinski definition) is 8. The number of nitrogens with zero attached hydrogens (tertiary/aromatic N) is 8. The molecule has 30 heteroatoms. The van der Waals surface area contributed by atoms with Crippen LogP contribution in [0.3, 0.4) is 0 Å². The second-order valence-electron chi connectivity index (χ2n) is 20.5.